The molecule has 2 amide bonds. The number of benzene rings is 2. The number of aromatic amines is 1. The molecule has 144 valence electrons. The maximum absolute atomic E-state index is 12.2. The largest absolute Gasteiger partial charge is 0.451 e. The molecule has 0 unspecified atom stereocenters. The Morgan fingerprint density at radius 2 is 1.71 bits per heavy atom. The van der Waals surface area contributed by atoms with Crippen molar-refractivity contribution in [3.63, 3.8) is 0 Å². The Morgan fingerprint density at radius 3 is 2.39 bits per heavy atom. The predicted octanol–water partition coefficient (Wildman–Crippen LogP) is 2.97. The van der Waals surface area contributed by atoms with Gasteiger partial charge in [0.15, 0.2) is 12.3 Å². The van der Waals surface area contributed by atoms with E-state index in [0.717, 1.165) is 5.56 Å². The summed E-state index contributed by atoms with van der Waals surface area (Å²) < 4.78 is 4.97. The van der Waals surface area contributed by atoms with E-state index < -0.39 is 24.4 Å². The molecule has 2 N–H and O–H groups in total. The lowest BCUT2D eigenvalue weighted by Gasteiger charge is -2.18. The summed E-state index contributed by atoms with van der Waals surface area (Å²) in [6, 6.07) is 14.1. The molecule has 0 atom stereocenters. The number of hydrogen-bond donors (Lipinski definition) is 2. The highest BCUT2D eigenvalue weighted by molar-refractivity contribution is 6.06. The summed E-state index contributed by atoms with van der Waals surface area (Å²) in [5.74, 6) is -2.00. The lowest BCUT2D eigenvalue weighted by atomic mass is 9.87. The molecule has 2 aromatic carbocycles. The number of amides is 2. The van der Waals surface area contributed by atoms with Crippen molar-refractivity contribution < 1.29 is 19.1 Å². The Morgan fingerprint density at radius 1 is 1.04 bits per heavy atom. The topological polar surface area (TPSA) is 101 Å². The first-order valence-electron chi connectivity index (χ1n) is 8.80. The molecule has 0 saturated heterocycles. The molecular weight excluding hydrogens is 358 g/mol. The number of imide groups is 1. The van der Waals surface area contributed by atoms with Crippen molar-refractivity contribution in [3.8, 4) is 0 Å². The van der Waals surface area contributed by atoms with Crippen molar-refractivity contribution in [1.82, 2.24) is 15.5 Å². The van der Waals surface area contributed by atoms with E-state index in [2.05, 4.69) is 36.3 Å². The maximum Gasteiger partial charge on any atom is 0.359 e. The molecule has 0 aliphatic rings. The Bertz CT molecular complexity index is 1030. The van der Waals surface area contributed by atoms with Crippen molar-refractivity contribution in [2.75, 3.05) is 6.61 Å². The van der Waals surface area contributed by atoms with Gasteiger partial charge in [-0.1, -0.05) is 51.1 Å². The van der Waals surface area contributed by atoms with Crippen LogP contribution in [-0.4, -0.2) is 34.6 Å². The summed E-state index contributed by atoms with van der Waals surface area (Å²) in [6.07, 6.45) is 0. The van der Waals surface area contributed by atoms with E-state index in [1.165, 1.54) is 0 Å². The van der Waals surface area contributed by atoms with E-state index in [4.69, 9.17) is 4.74 Å². The average molecular weight is 379 g/mol. The molecule has 1 aromatic heterocycles. The zero-order valence-electron chi connectivity index (χ0n) is 15.9. The third-order valence-electron chi connectivity index (χ3n) is 4.26. The van der Waals surface area contributed by atoms with Gasteiger partial charge in [-0.3, -0.25) is 20.0 Å². The first-order valence-corrected chi connectivity index (χ1v) is 8.80. The molecule has 0 fully saturated rings. The number of rotatable bonds is 4. The summed E-state index contributed by atoms with van der Waals surface area (Å²) in [7, 11) is 0. The van der Waals surface area contributed by atoms with E-state index in [-0.39, 0.29) is 11.1 Å². The highest BCUT2D eigenvalue weighted by Gasteiger charge is 2.18. The van der Waals surface area contributed by atoms with E-state index in [9.17, 15) is 14.4 Å². The molecule has 0 spiro atoms. The fourth-order valence-electron chi connectivity index (χ4n) is 2.67. The normalized spacial score (nSPS) is 11.2. The summed E-state index contributed by atoms with van der Waals surface area (Å²) in [5, 5.41) is 9.44. The van der Waals surface area contributed by atoms with E-state index in [0.29, 0.717) is 16.5 Å². The Labute approximate surface area is 162 Å². The molecule has 0 aliphatic heterocycles. The van der Waals surface area contributed by atoms with Gasteiger partial charge in [-0.25, -0.2) is 4.79 Å². The van der Waals surface area contributed by atoms with Crippen LogP contribution in [0.1, 0.15) is 47.2 Å². The standard InChI is InChI=1S/C21H21N3O4/c1-21(2,3)14-10-8-13(9-11-14)19(26)22-17(25)12-28-20(27)18-15-6-4-5-7-16(15)23-24-18/h4-11H,12H2,1-3H3,(H,23,24)(H,22,25,26). The first-order chi connectivity index (χ1) is 13.3. The van der Waals surface area contributed by atoms with Crippen LogP contribution in [0.4, 0.5) is 0 Å². The lowest BCUT2D eigenvalue weighted by molar-refractivity contribution is -0.123. The number of nitrogens with zero attached hydrogens (tertiary/aromatic N) is 1. The number of nitrogens with one attached hydrogen (secondary N) is 2. The van der Waals surface area contributed by atoms with Crippen LogP contribution in [0.5, 0.6) is 0 Å². The van der Waals surface area contributed by atoms with Gasteiger partial charge in [0.2, 0.25) is 0 Å². The molecule has 3 aromatic rings. The summed E-state index contributed by atoms with van der Waals surface area (Å²) in [5.41, 5.74) is 2.18. The third-order valence-corrected chi connectivity index (χ3v) is 4.26. The molecule has 7 nitrogen and oxygen atoms in total. The van der Waals surface area contributed by atoms with E-state index in [1.54, 1.807) is 30.3 Å². The molecule has 0 aliphatic carbocycles. The number of hydrogen-bond acceptors (Lipinski definition) is 5. The molecule has 0 saturated carbocycles. The molecular formula is C21H21N3O4. The second kappa shape index (κ2) is 7.64. The van der Waals surface area contributed by atoms with Crippen LogP contribution in [-0.2, 0) is 14.9 Å². The van der Waals surface area contributed by atoms with Crippen LogP contribution in [0.15, 0.2) is 48.5 Å². The van der Waals surface area contributed by atoms with Crippen LogP contribution in [0.25, 0.3) is 10.9 Å². The number of carbonyl (C=O) groups excluding carboxylic acids is 3. The van der Waals surface area contributed by atoms with Crippen molar-refractivity contribution >= 4 is 28.7 Å². The number of carbonyl (C=O) groups is 3. The SMILES string of the molecule is CC(C)(C)c1ccc(C(=O)NC(=O)COC(=O)c2n[nH]c3ccccc23)cc1. The summed E-state index contributed by atoms with van der Waals surface area (Å²) in [4.78, 5) is 36.3. The number of para-hydroxylation sites is 1. The number of ether oxygens (including phenoxy) is 1. The predicted molar refractivity (Wildman–Crippen MR) is 104 cm³/mol. The third kappa shape index (κ3) is 4.25. The minimum absolute atomic E-state index is 0.0323. The van der Waals surface area contributed by atoms with Crippen molar-refractivity contribution in [3.05, 3.63) is 65.4 Å². The number of aromatic nitrogens is 2. The Hall–Kier alpha value is -3.48. The molecule has 7 heteroatoms. The van der Waals surface area contributed by atoms with Crippen LogP contribution in [0.2, 0.25) is 0 Å². The minimum Gasteiger partial charge on any atom is -0.451 e. The second-order valence-electron chi connectivity index (χ2n) is 7.40. The second-order valence-corrected chi connectivity index (χ2v) is 7.40. The number of H-pyrrole nitrogens is 1. The fourth-order valence-corrected chi connectivity index (χ4v) is 2.67. The summed E-state index contributed by atoms with van der Waals surface area (Å²) in [6.45, 7) is 5.64. The molecule has 3 rings (SSSR count). The first kappa shape index (κ1) is 19.3. The monoisotopic (exact) mass is 379 g/mol. The van der Waals surface area contributed by atoms with Crippen LogP contribution < -0.4 is 5.32 Å². The van der Waals surface area contributed by atoms with Gasteiger partial charge in [0.25, 0.3) is 11.8 Å². The van der Waals surface area contributed by atoms with Gasteiger partial charge < -0.3 is 4.74 Å². The van der Waals surface area contributed by atoms with Crippen molar-refractivity contribution in [2.24, 2.45) is 0 Å². The van der Waals surface area contributed by atoms with Crippen molar-refractivity contribution in [2.45, 2.75) is 26.2 Å². The van der Waals surface area contributed by atoms with Gasteiger partial charge in [-0.2, -0.15) is 5.10 Å². The molecule has 28 heavy (non-hydrogen) atoms. The summed E-state index contributed by atoms with van der Waals surface area (Å²) >= 11 is 0. The highest BCUT2D eigenvalue weighted by Crippen LogP contribution is 2.22. The molecule has 1 heterocycles. The van der Waals surface area contributed by atoms with Gasteiger partial charge in [0.05, 0.1) is 5.52 Å². The van der Waals surface area contributed by atoms with Crippen LogP contribution in [0.3, 0.4) is 0 Å². The number of fused-ring (bicyclic) bond motifs is 1. The van der Waals surface area contributed by atoms with Gasteiger partial charge in [-0.15, -0.1) is 0 Å². The zero-order valence-corrected chi connectivity index (χ0v) is 15.9. The van der Waals surface area contributed by atoms with Gasteiger partial charge in [0, 0.05) is 10.9 Å². The molecule has 0 bridgehead atoms. The molecule has 0 radical (unpaired) electrons. The highest BCUT2D eigenvalue weighted by atomic mass is 16.5. The Balaban J connectivity index is 1.56. The minimum atomic E-state index is -0.741. The van der Waals surface area contributed by atoms with Gasteiger partial charge in [0.1, 0.15) is 0 Å². The average Bonchev–Trinajstić information content (AvgIpc) is 3.10. The van der Waals surface area contributed by atoms with E-state index in [1.807, 2.05) is 18.2 Å². The van der Waals surface area contributed by atoms with E-state index >= 15 is 0 Å². The van der Waals surface area contributed by atoms with Crippen LogP contribution in [0, 0.1) is 0 Å². The van der Waals surface area contributed by atoms with Crippen molar-refractivity contribution in [1.29, 1.82) is 0 Å². The lowest BCUT2D eigenvalue weighted by Crippen LogP contribution is -2.34. The fraction of sp³-hybridized carbons (Fsp3) is 0.238. The number of esters is 1. The van der Waals surface area contributed by atoms with Gasteiger partial charge >= 0.3 is 5.97 Å². The Kier molecular flexibility index (Phi) is 5.26. The zero-order chi connectivity index (χ0) is 20.3. The van der Waals surface area contributed by atoms with Crippen LogP contribution >= 0.6 is 0 Å². The van der Waals surface area contributed by atoms with Gasteiger partial charge in [-0.05, 0) is 29.2 Å². The maximum atomic E-state index is 12.2. The smallest absolute Gasteiger partial charge is 0.359 e. The quantitative estimate of drug-likeness (QED) is 0.679.